The van der Waals surface area contributed by atoms with Crippen molar-refractivity contribution in [1.29, 1.82) is 0 Å². The van der Waals surface area contributed by atoms with Crippen LogP contribution in [-0.2, 0) is 29.4 Å². The molecular formula is C30H38NO5+. The van der Waals surface area contributed by atoms with Crippen LogP contribution in [0.1, 0.15) is 63.5 Å². The monoisotopic (exact) mass is 492 g/mol. The molecule has 2 aromatic carbocycles. The van der Waals surface area contributed by atoms with Crippen LogP contribution in [0.2, 0.25) is 0 Å². The normalized spacial score (nSPS) is 24.7. The smallest absolute Gasteiger partial charge is 0.348 e. The Morgan fingerprint density at radius 2 is 1.42 bits per heavy atom. The van der Waals surface area contributed by atoms with Crippen molar-refractivity contribution in [2.45, 2.75) is 76.2 Å². The van der Waals surface area contributed by atoms with Gasteiger partial charge < -0.3 is 18.7 Å². The highest BCUT2D eigenvalue weighted by atomic mass is 16.7. The number of ether oxygens (including phenoxy) is 3. The zero-order valence-corrected chi connectivity index (χ0v) is 21.4. The number of benzene rings is 2. The highest BCUT2D eigenvalue weighted by Gasteiger charge is 2.57. The van der Waals surface area contributed by atoms with Gasteiger partial charge in [-0.15, -0.1) is 0 Å². The van der Waals surface area contributed by atoms with Crippen molar-refractivity contribution in [1.82, 2.24) is 0 Å². The van der Waals surface area contributed by atoms with Gasteiger partial charge in [0.2, 0.25) is 5.60 Å². The number of piperidine rings is 1. The summed E-state index contributed by atoms with van der Waals surface area (Å²) in [6.07, 6.45) is 6.75. The summed E-state index contributed by atoms with van der Waals surface area (Å²) in [7, 11) is 0. The van der Waals surface area contributed by atoms with Crippen molar-refractivity contribution >= 4 is 11.9 Å². The van der Waals surface area contributed by atoms with E-state index in [9.17, 15) is 9.59 Å². The first-order valence-corrected chi connectivity index (χ1v) is 13.4. The van der Waals surface area contributed by atoms with Gasteiger partial charge in [-0.05, 0) is 11.1 Å². The molecule has 0 N–H and O–H groups in total. The molecule has 6 nitrogen and oxygen atoms in total. The summed E-state index contributed by atoms with van der Waals surface area (Å²) in [6.45, 7) is 5.75. The molecule has 3 fully saturated rings. The minimum Gasteiger partial charge on any atom is -0.459 e. The van der Waals surface area contributed by atoms with E-state index in [1.165, 1.54) is 43.3 Å². The van der Waals surface area contributed by atoms with Crippen molar-refractivity contribution in [3.05, 3.63) is 71.8 Å². The summed E-state index contributed by atoms with van der Waals surface area (Å²) in [5, 5.41) is 0. The van der Waals surface area contributed by atoms with Crippen LogP contribution in [0.4, 0.5) is 0 Å². The third kappa shape index (κ3) is 4.46. The number of rotatable bonds is 8. The number of carbonyl (C=O) groups excluding carboxylic acids is 2. The average Bonchev–Trinajstić information content (AvgIpc) is 3.44. The van der Waals surface area contributed by atoms with E-state index in [1.54, 1.807) is 13.8 Å². The minimum absolute atomic E-state index is 0.132. The maximum absolute atomic E-state index is 14.2. The van der Waals surface area contributed by atoms with Crippen molar-refractivity contribution in [2.24, 2.45) is 5.92 Å². The first-order chi connectivity index (χ1) is 17.5. The fourth-order valence-corrected chi connectivity index (χ4v) is 6.86. The Morgan fingerprint density at radius 3 is 1.92 bits per heavy atom. The molecule has 3 heterocycles. The molecule has 5 rings (SSSR count). The van der Waals surface area contributed by atoms with Crippen molar-refractivity contribution in [3.8, 4) is 0 Å². The van der Waals surface area contributed by atoms with Crippen LogP contribution in [0, 0.1) is 5.92 Å². The first-order valence-electron chi connectivity index (χ1n) is 13.4. The zero-order valence-electron chi connectivity index (χ0n) is 21.4. The van der Waals surface area contributed by atoms with Crippen LogP contribution in [0.3, 0.4) is 0 Å². The van der Waals surface area contributed by atoms with Crippen LogP contribution in [0.5, 0.6) is 0 Å². The van der Waals surface area contributed by atoms with Gasteiger partial charge in [0.15, 0.2) is 6.79 Å². The molecule has 2 aromatic rings. The van der Waals surface area contributed by atoms with E-state index < -0.39 is 11.6 Å². The second kappa shape index (κ2) is 10.3. The lowest BCUT2D eigenvalue weighted by molar-refractivity contribution is -0.956. The maximum atomic E-state index is 14.2. The molecule has 0 radical (unpaired) electrons. The molecule has 3 saturated heterocycles. The van der Waals surface area contributed by atoms with Gasteiger partial charge in [0, 0.05) is 38.5 Å². The highest BCUT2D eigenvalue weighted by molar-refractivity contribution is 5.86. The van der Waals surface area contributed by atoms with Gasteiger partial charge in [0.05, 0.1) is 31.1 Å². The molecule has 1 spiro atoms. The third-order valence-electron chi connectivity index (χ3n) is 8.63. The van der Waals surface area contributed by atoms with E-state index in [4.69, 9.17) is 14.2 Å². The van der Waals surface area contributed by atoms with Gasteiger partial charge in [0.1, 0.15) is 6.10 Å². The summed E-state index contributed by atoms with van der Waals surface area (Å²) < 4.78 is 19.2. The molecule has 3 aliphatic heterocycles. The summed E-state index contributed by atoms with van der Waals surface area (Å²) in [5.74, 6) is -1.11. The molecule has 0 saturated carbocycles. The second-order valence-corrected chi connectivity index (χ2v) is 10.9. The molecule has 0 amide bonds. The van der Waals surface area contributed by atoms with Gasteiger partial charge >= 0.3 is 11.9 Å². The van der Waals surface area contributed by atoms with Crippen molar-refractivity contribution in [2.75, 3.05) is 19.9 Å². The van der Waals surface area contributed by atoms with Crippen LogP contribution in [-0.4, -0.2) is 54.5 Å². The largest absolute Gasteiger partial charge is 0.459 e. The third-order valence-corrected chi connectivity index (χ3v) is 8.63. The number of nitrogens with zero attached hydrogens (tertiary/aromatic N) is 1. The molecule has 192 valence electrons. The summed E-state index contributed by atoms with van der Waals surface area (Å²) in [4.78, 5) is 26.4. The molecule has 6 heteroatoms. The molecular weight excluding hydrogens is 454 g/mol. The predicted octanol–water partition coefficient (Wildman–Crippen LogP) is 4.95. The molecule has 0 aromatic heterocycles. The topological polar surface area (TPSA) is 61.8 Å². The molecule has 2 atom stereocenters. The Balaban J connectivity index is 1.44. The fraction of sp³-hybridized carbons (Fsp3) is 0.533. The number of hydrogen-bond acceptors (Lipinski definition) is 5. The number of hydrogen-bond donors (Lipinski definition) is 0. The van der Waals surface area contributed by atoms with Crippen LogP contribution < -0.4 is 0 Å². The lowest BCUT2D eigenvalue weighted by Gasteiger charge is -2.47. The molecule has 2 unspecified atom stereocenters. The first kappa shape index (κ1) is 25.0. The van der Waals surface area contributed by atoms with Gasteiger partial charge in [-0.3, -0.25) is 4.79 Å². The SMILES string of the molecule is CC(C)C(=O)OCOC(C(=O)OC1CC2CCC(C1)[N+]21CCCC1)(c1ccccc1)c1ccccc1. The summed E-state index contributed by atoms with van der Waals surface area (Å²) in [5.41, 5.74) is -0.219. The summed E-state index contributed by atoms with van der Waals surface area (Å²) in [6, 6.07) is 20.0. The average molecular weight is 493 g/mol. The van der Waals surface area contributed by atoms with E-state index in [2.05, 4.69) is 0 Å². The predicted molar refractivity (Wildman–Crippen MR) is 136 cm³/mol. The van der Waals surface area contributed by atoms with E-state index >= 15 is 0 Å². The standard InChI is InChI=1S/C30H38NO5/c1-22(2)28(32)34-21-35-30(23-11-5-3-6-12-23,24-13-7-4-8-14-24)29(33)36-27-19-25-15-16-26(20-27)31(25)17-9-10-18-31/h3-8,11-14,22,25-27H,9-10,15-21H2,1-2H3/q+1. The van der Waals surface area contributed by atoms with E-state index in [-0.39, 0.29) is 24.8 Å². The Bertz CT molecular complexity index is 992. The molecule has 2 bridgehead atoms. The van der Waals surface area contributed by atoms with E-state index in [1.807, 2.05) is 60.7 Å². The summed E-state index contributed by atoms with van der Waals surface area (Å²) >= 11 is 0. The van der Waals surface area contributed by atoms with E-state index in [0.29, 0.717) is 23.2 Å². The quantitative estimate of drug-likeness (QED) is 0.296. The Morgan fingerprint density at radius 1 is 0.889 bits per heavy atom. The van der Waals surface area contributed by atoms with Gasteiger partial charge in [-0.2, -0.15) is 0 Å². The van der Waals surface area contributed by atoms with E-state index in [0.717, 1.165) is 12.8 Å². The fourth-order valence-electron chi connectivity index (χ4n) is 6.86. The van der Waals surface area contributed by atoms with Gasteiger partial charge in [-0.25, -0.2) is 4.79 Å². The maximum Gasteiger partial charge on any atom is 0.348 e. The molecule has 0 aliphatic carbocycles. The lowest BCUT2D eigenvalue weighted by Crippen LogP contribution is -2.60. The Kier molecular flexibility index (Phi) is 7.18. The second-order valence-electron chi connectivity index (χ2n) is 10.9. The minimum atomic E-state index is -1.53. The molecule has 3 aliphatic rings. The zero-order chi connectivity index (χ0) is 25.2. The van der Waals surface area contributed by atoms with Crippen molar-refractivity contribution in [3.63, 3.8) is 0 Å². The molecule has 36 heavy (non-hydrogen) atoms. The van der Waals surface area contributed by atoms with Gasteiger partial charge in [0.25, 0.3) is 0 Å². The van der Waals surface area contributed by atoms with Crippen LogP contribution in [0.15, 0.2) is 60.7 Å². The Labute approximate surface area is 214 Å². The number of esters is 2. The van der Waals surface area contributed by atoms with Crippen LogP contribution in [0.25, 0.3) is 0 Å². The Hall–Kier alpha value is -2.70. The van der Waals surface area contributed by atoms with Crippen molar-refractivity contribution < 1.29 is 28.3 Å². The number of quaternary nitrogens is 1. The number of carbonyl (C=O) groups is 2. The van der Waals surface area contributed by atoms with Gasteiger partial charge in [-0.1, -0.05) is 74.5 Å². The van der Waals surface area contributed by atoms with Crippen LogP contribution >= 0.6 is 0 Å². The highest BCUT2D eigenvalue weighted by Crippen LogP contribution is 2.47. The lowest BCUT2D eigenvalue weighted by atomic mass is 9.85.